The van der Waals surface area contributed by atoms with Gasteiger partial charge in [0.15, 0.2) is 0 Å². The summed E-state index contributed by atoms with van der Waals surface area (Å²) in [6, 6.07) is 1.16. The number of carbonyl (C=O) groups excluding carboxylic acids is 1. The summed E-state index contributed by atoms with van der Waals surface area (Å²) in [5.74, 6) is 0.446. The molecular formula is C11H19NO2. The monoisotopic (exact) mass is 197 g/mol. The maximum absolute atomic E-state index is 11.1. The normalized spacial score (nSPS) is 32.1. The molecule has 0 bridgehead atoms. The van der Waals surface area contributed by atoms with E-state index in [0.717, 1.165) is 45.4 Å². The van der Waals surface area contributed by atoms with Crippen molar-refractivity contribution in [2.24, 2.45) is 0 Å². The first-order chi connectivity index (χ1) is 6.77. The average Bonchev–Trinajstić information content (AvgIpc) is 2.20. The topological polar surface area (TPSA) is 29.5 Å². The summed E-state index contributed by atoms with van der Waals surface area (Å²) >= 11 is 0. The Kier molecular flexibility index (Phi) is 3.19. The molecule has 0 amide bonds. The molecule has 1 aliphatic carbocycles. The van der Waals surface area contributed by atoms with Crippen LogP contribution in [0.3, 0.4) is 0 Å². The van der Waals surface area contributed by atoms with E-state index in [1.54, 1.807) is 0 Å². The number of carbonyl (C=O) groups is 1. The molecule has 2 fully saturated rings. The lowest BCUT2D eigenvalue weighted by Crippen LogP contribution is -2.50. The Morgan fingerprint density at radius 3 is 2.71 bits per heavy atom. The van der Waals surface area contributed by atoms with Crippen molar-refractivity contribution in [3.05, 3.63) is 0 Å². The number of hydrogen-bond acceptors (Lipinski definition) is 3. The third-order valence-corrected chi connectivity index (χ3v) is 3.40. The predicted octanol–water partition coefficient (Wildman–Crippen LogP) is 1.22. The highest BCUT2D eigenvalue weighted by Crippen LogP contribution is 2.23. The lowest BCUT2D eigenvalue weighted by molar-refractivity contribution is -0.122. The highest BCUT2D eigenvalue weighted by Gasteiger charge is 2.29. The zero-order valence-corrected chi connectivity index (χ0v) is 8.87. The molecule has 1 saturated heterocycles. The van der Waals surface area contributed by atoms with Crippen molar-refractivity contribution in [1.29, 1.82) is 0 Å². The number of Topliss-reactive ketones (excluding diaryl/α,β-unsaturated/α-hetero) is 1. The van der Waals surface area contributed by atoms with Gasteiger partial charge in [0.25, 0.3) is 0 Å². The summed E-state index contributed by atoms with van der Waals surface area (Å²) in [6.07, 6.45) is 3.69. The van der Waals surface area contributed by atoms with Gasteiger partial charge in [-0.05, 0) is 19.8 Å². The minimum atomic E-state index is 0.446. The van der Waals surface area contributed by atoms with Crippen molar-refractivity contribution < 1.29 is 9.53 Å². The van der Waals surface area contributed by atoms with Crippen LogP contribution in [0, 0.1) is 0 Å². The van der Waals surface area contributed by atoms with E-state index in [1.807, 2.05) is 0 Å². The molecule has 2 aliphatic rings. The molecule has 1 atom stereocenters. The Hall–Kier alpha value is -0.410. The fourth-order valence-corrected chi connectivity index (χ4v) is 2.54. The molecule has 3 nitrogen and oxygen atoms in total. The molecule has 80 valence electrons. The van der Waals surface area contributed by atoms with E-state index >= 15 is 0 Å². The Bertz CT molecular complexity index is 207. The van der Waals surface area contributed by atoms with Gasteiger partial charge < -0.3 is 4.74 Å². The van der Waals surface area contributed by atoms with Crippen LogP contribution in [0.25, 0.3) is 0 Å². The molecule has 0 aromatic carbocycles. The van der Waals surface area contributed by atoms with Crippen LogP contribution in [0.5, 0.6) is 0 Å². The van der Waals surface area contributed by atoms with Crippen molar-refractivity contribution in [3.8, 4) is 0 Å². The molecule has 3 heteroatoms. The van der Waals surface area contributed by atoms with Crippen LogP contribution in [0.4, 0.5) is 0 Å². The van der Waals surface area contributed by atoms with Crippen LogP contribution >= 0.6 is 0 Å². The first-order valence-corrected chi connectivity index (χ1v) is 5.62. The number of hydrogen-bond donors (Lipinski definition) is 0. The average molecular weight is 197 g/mol. The van der Waals surface area contributed by atoms with Gasteiger partial charge in [-0.1, -0.05) is 0 Å². The van der Waals surface area contributed by atoms with Gasteiger partial charge in [-0.3, -0.25) is 9.69 Å². The molecule has 0 radical (unpaired) electrons. The van der Waals surface area contributed by atoms with E-state index in [0.29, 0.717) is 17.9 Å². The molecule has 1 heterocycles. The summed E-state index contributed by atoms with van der Waals surface area (Å²) in [5.41, 5.74) is 0. The van der Waals surface area contributed by atoms with Crippen LogP contribution in [-0.2, 0) is 9.53 Å². The Balaban J connectivity index is 1.90. The highest BCUT2D eigenvalue weighted by atomic mass is 16.5. The second-order valence-electron chi connectivity index (χ2n) is 4.43. The highest BCUT2D eigenvalue weighted by molar-refractivity contribution is 5.79. The van der Waals surface area contributed by atoms with Crippen LogP contribution in [0.15, 0.2) is 0 Å². The van der Waals surface area contributed by atoms with Crippen molar-refractivity contribution in [2.75, 3.05) is 19.8 Å². The van der Waals surface area contributed by atoms with E-state index in [-0.39, 0.29) is 0 Å². The van der Waals surface area contributed by atoms with Gasteiger partial charge in [-0.25, -0.2) is 0 Å². The molecule has 2 rings (SSSR count). The summed E-state index contributed by atoms with van der Waals surface area (Å²) in [6.45, 7) is 4.97. The van der Waals surface area contributed by atoms with Gasteiger partial charge in [-0.15, -0.1) is 0 Å². The number of morpholine rings is 1. The molecular weight excluding hydrogens is 178 g/mol. The van der Waals surface area contributed by atoms with Crippen molar-refractivity contribution >= 4 is 5.78 Å². The van der Waals surface area contributed by atoms with Crippen molar-refractivity contribution in [2.45, 2.75) is 44.7 Å². The van der Waals surface area contributed by atoms with Gasteiger partial charge in [0.2, 0.25) is 0 Å². The molecule has 1 saturated carbocycles. The number of rotatable bonds is 1. The summed E-state index contributed by atoms with van der Waals surface area (Å²) in [5, 5.41) is 0. The van der Waals surface area contributed by atoms with E-state index in [1.165, 1.54) is 0 Å². The first kappa shape index (κ1) is 10.1. The van der Waals surface area contributed by atoms with Crippen molar-refractivity contribution in [3.63, 3.8) is 0 Å². The quantitative estimate of drug-likeness (QED) is 0.633. The molecule has 0 N–H and O–H groups in total. The number of ketones is 1. The Morgan fingerprint density at radius 2 is 2.07 bits per heavy atom. The summed E-state index contributed by atoms with van der Waals surface area (Å²) in [4.78, 5) is 13.7. The minimum Gasteiger partial charge on any atom is -0.379 e. The van der Waals surface area contributed by atoms with Gasteiger partial charge in [0, 0.05) is 31.5 Å². The number of ether oxygens (including phenoxy) is 1. The van der Waals surface area contributed by atoms with Crippen LogP contribution in [-0.4, -0.2) is 42.5 Å². The minimum absolute atomic E-state index is 0.446. The predicted molar refractivity (Wildman–Crippen MR) is 54.3 cm³/mol. The summed E-state index contributed by atoms with van der Waals surface area (Å²) in [7, 11) is 0. The third kappa shape index (κ3) is 2.15. The molecule has 14 heavy (non-hydrogen) atoms. The lowest BCUT2D eigenvalue weighted by Gasteiger charge is -2.40. The smallest absolute Gasteiger partial charge is 0.133 e. The Labute approximate surface area is 85.4 Å². The fourth-order valence-electron chi connectivity index (χ4n) is 2.54. The van der Waals surface area contributed by atoms with Gasteiger partial charge in [0.05, 0.1) is 13.2 Å². The lowest BCUT2D eigenvalue weighted by atomic mass is 9.92. The standard InChI is InChI=1S/C11H19NO2/c1-9-8-14-7-6-12(9)10-2-4-11(13)5-3-10/h9-10H,2-8H2,1H3. The largest absolute Gasteiger partial charge is 0.379 e. The second-order valence-corrected chi connectivity index (χ2v) is 4.43. The zero-order chi connectivity index (χ0) is 9.97. The SMILES string of the molecule is CC1COCCN1C1CCC(=O)CC1. The number of nitrogens with zero attached hydrogens (tertiary/aromatic N) is 1. The van der Waals surface area contributed by atoms with E-state index in [9.17, 15) is 4.79 Å². The van der Waals surface area contributed by atoms with Crippen LogP contribution in [0.1, 0.15) is 32.6 Å². The second kappa shape index (κ2) is 4.41. The van der Waals surface area contributed by atoms with E-state index in [4.69, 9.17) is 4.74 Å². The summed E-state index contributed by atoms with van der Waals surface area (Å²) < 4.78 is 5.42. The van der Waals surface area contributed by atoms with Gasteiger partial charge in [0.1, 0.15) is 5.78 Å². The fraction of sp³-hybridized carbons (Fsp3) is 0.909. The van der Waals surface area contributed by atoms with E-state index in [2.05, 4.69) is 11.8 Å². The van der Waals surface area contributed by atoms with Crippen LogP contribution in [0.2, 0.25) is 0 Å². The Morgan fingerprint density at radius 1 is 1.36 bits per heavy atom. The zero-order valence-electron chi connectivity index (χ0n) is 8.87. The van der Waals surface area contributed by atoms with E-state index < -0.39 is 0 Å². The molecule has 0 aromatic rings. The maximum atomic E-state index is 11.1. The molecule has 0 aromatic heterocycles. The van der Waals surface area contributed by atoms with Gasteiger partial charge in [-0.2, -0.15) is 0 Å². The molecule has 0 spiro atoms. The maximum Gasteiger partial charge on any atom is 0.133 e. The first-order valence-electron chi connectivity index (χ1n) is 5.62. The molecule has 1 aliphatic heterocycles. The van der Waals surface area contributed by atoms with Gasteiger partial charge >= 0.3 is 0 Å². The van der Waals surface area contributed by atoms with Crippen molar-refractivity contribution in [1.82, 2.24) is 4.90 Å². The third-order valence-electron chi connectivity index (χ3n) is 3.40. The molecule has 1 unspecified atom stereocenters. The van der Waals surface area contributed by atoms with Crippen LogP contribution < -0.4 is 0 Å².